The third kappa shape index (κ3) is 3.37. The number of amides is 1. The molecule has 1 saturated heterocycles. The van der Waals surface area contributed by atoms with Gasteiger partial charge < -0.3 is 14.6 Å². The Morgan fingerprint density at radius 2 is 2.30 bits per heavy atom. The summed E-state index contributed by atoms with van der Waals surface area (Å²) in [5, 5.41) is 0. The predicted molar refractivity (Wildman–Crippen MR) is 76.2 cm³/mol. The molecule has 1 aromatic rings. The van der Waals surface area contributed by atoms with Crippen molar-refractivity contribution >= 4 is 5.91 Å². The number of hydrogen-bond donors (Lipinski definition) is 1. The minimum absolute atomic E-state index is 0.123. The Hall–Kier alpha value is -1.40. The van der Waals surface area contributed by atoms with E-state index in [0.717, 1.165) is 31.0 Å². The molecule has 6 nitrogen and oxygen atoms in total. The molecule has 20 heavy (non-hydrogen) atoms. The van der Waals surface area contributed by atoms with Crippen LogP contribution in [-0.4, -0.2) is 66.1 Å². The van der Waals surface area contributed by atoms with Crippen LogP contribution in [0.4, 0.5) is 0 Å². The Bertz CT molecular complexity index is 458. The molecule has 1 amide bonds. The van der Waals surface area contributed by atoms with Crippen LogP contribution in [0.1, 0.15) is 17.8 Å². The Morgan fingerprint density at radius 1 is 1.55 bits per heavy atom. The lowest BCUT2D eigenvalue weighted by Crippen LogP contribution is -2.29. The van der Waals surface area contributed by atoms with Gasteiger partial charge in [-0.3, -0.25) is 9.69 Å². The highest BCUT2D eigenvalue weighted by Gasteiger charge is 2.34. The summed E-state index contributed by atoms with van der Waals surface area (Å²) in [5.74, 6) is 0.420. The molecule has 0 radical (unpaired) electrons. The summed E-state index contributed by atoms with van der Waals surface area (Å²) in [5.41, 5.74) is 2.17. The first-order valence-electron chi connectivity index (χ1n) is 6.95. The lowest BCUT2D eigenvalue weighted by atomic mass is 10.0. The van der Waals surface area contributed by atoms with Crippen molar-refractivity contribution in [2.75, 3.05) is 34.3 Å². The van der Waals surface area contributed by atoms with E-state index >= 15 is 0 Å². The third-order valence-corrected chi connectivity index (χ3v) is 4.00. The number of nitrogens with zero attached hydrogens (tertiary/aromatic N) is 3. The zero-order valence-electron chi connectivity index (χ0n) is 12.7. The lowest BCUT2D eigenvalue weighted by Gasteiger charge is -2.18. The number of aromatic amines is 1. The first-order chi connectivity index (χ1) is 9.51. The van der Waals surface area contributed by atoms with E-state index in [1.807, 2.05) is 6.92 Å². The zero-order valence-corrected chi connectivity index (χ0v) is 12.7. The Kier molecular flexibility index (Phi) is 4.77. The predicted octanol–water partition coefficient (Wildman–Crippen LogP) is 0.643. The van der Waals surface area contributed by atoms with Gasteiger partial charge in [-0.05, 0) is 6.92 Å². The smallest absolute Gasteiger partial charge is 0.222 e. The third-order valence-electron chi connectivity index (χ3n) is 4.00. The first-order valence-corrected chi connectivity index (χ1v) is 6.95. The molecule has 0 saturated carbocycles. The summed E-state index contributed by atoms with van der Waals surface area (Å²) in [6.45, 7) is 4.57. The van der Waals surface area contributed by atoms with Gasteiger partial charge in [0.15, 0.2) is 0 Å². The molecule has 0 spiro atoms. The number of methoxy groups -OCH3 is 1. The summed E-state index contributed by atoms with van der Waals surface area (Å²) >= 11 is 0. The molecule has 1 aliphatic heterocycles. The van der Waals surface area contributed by atoms with E-state index in [1.54, 1.807) is 32.4 Å². The van der Waals surface area contributed by atoms with E-state index in [4.69, 9.17) is 4.74 Å². The van der Waals surface area contributed by atoms with Gasteiger partial charge in [0.25, 0.3) is 0 Å². The van der Waals surface area contributed by atoms with Crippen LogP contribution in [0.2, 0.25) is 0 Å². The van der Waals surface area contributed by atoms with Crippen molar-refractivity contribution in [3.63, 3.8) is 0 Å². The fourth-order valence-electron chi connectivity index (χ4n) is 2.68. The number of imidazole rings is 1. The molecule has 0 aromatic carbocycles. The summed E-state index contributed by atoms with van der Waals surface area (Å²) in [7, 11) is 5.31. The summed E-state index contributed by atoms with van der Waals surface area (Å²) in [6.07, 6.45) is 2.39. The van der Waals surface area contributed by atoms with Crippen LogP contribution in [0.15, 0.2) is 6.33 Å². The molecule has 1 aliphatic rings. The SMILES string of the molecule is CO[C@H]1CN(Cc2nc[nH]c2C)C[C@H]1CC(=O)N(C)C. The van der Waals surface area contributed by atoms with Gasteiger partial charge in [-0.2, -0.15) is 0 Å². The lowest BCUT2D eigenvalue weighted by molar-refractivity contribution is -0.130. The highest BCUT2D eigenvalue weighted by atomic mass is 16.5. The minimum atomic E-state index is 0.123. The van der Waals surface area contributed by atoms with Gasteiger partial charge >= 0.3 is 0 Å². The second kappa shape index (κ2) is 6.37. The number of aryl methyl sites for hydroxylation is 1. The van der Waals surface area contributed by atoms with Gasteiger partial charge in [0.1, 0.15) is 0 Å². The molecule has 2 atom stereocenters. The molecule has 0 aliphatic carbocycles. The molecule has 2 heterocycles. The molecular formula is C14H24N4O2. The maximum atomic E-state index is 11.9. The van der Waals surface area contributed by atoms with Gasteiger partial charge in [0.05, 0.1) is 18.1 Å². The van der Waals surface area contributed by atoms with Crippen LogP contribution >= 0.6 is 0 Å². The van der Waals surface area contributed by atoms with Crippen molar-refractivity contribution in [1.82, 2.24) is 19.8 Å². The van der Waals surface area contributed by atoms with E-state index in [-0.39, 0.29) is 17.9 Å². The molecule has 0 bridgehead atoms. The maximum Gasteiger partial charge on any atom is 0.222 e. The number of likely N-dealkylation sites (tertiary alicyclic amines) is 1. The molecule has 0 unspecified atom stereocenters. The van der Waals surface area contributed by atoms with Crippen LogP contribution in [0.5, 0.6) is 0 Å². The maximum absolute atomic E-state index is 11.9. The zero-order chi connectivity index (χ0) is 14.7. The largest absolute Gasteiger partial charge is 0.380 e. The molecule has 1 N–H and O–H groups in total. The number of rotatable bonds is 5. The fraction of sp³-hybridized carbons (Fsp3) is 0.714. The van der Waals surface area contributed by atoms with Gasteiger partial charge in [0, 0.05) is 58.9 Å². The van der Waals surface area contributed by atoms with Crippen LogP contribution < -0.4 is 0 Å². The number of carbonyl (C=O) groups is 1. The normalized spacial score (nSPS) is 23.2. The van der Waals surface area contributed by atoms with Crippen LogP contribution in [0.3, 0.4) is 0 Å². The second-order valence-electron chi connectivity index (χ2n) is 5.69. The molecule has 112 valence electrons. The molecule has 1 aromatic heterocycles. The summed E-state index contributed by atoms with van der Waals surface area (Å²) in [6, 6.07) is 0. The van der Waals surface area contributed by atoms with Crippen LogP contribution in [0.25, 0.3) is 0 Å². The summed E-state index contributed by atoms with van der Waals surface area (Å²) in [4.78, 5) is 23.3. The second-order valence-corrected chi connectivity index (χ2v) is 5.69. The number of H-pyrrole nitrogens is 1. The molecular weight excluding hydrogens is 256 g/mol. The highest BCUT2D eigenvalue weighted by molar-refractivity contribution is 5.75. The van der Waals surface area contributed by atoms with Crippen molar-refractivity contribution in [2.24, 2.45) is 5.92 Å². The number of carbonyl (C=O) groups excluding carboxylic acids is 1. The van der Waals surface area contributed by atoms with Gasteiger partial charge in [-0.25, -0.2) is 4.98 Å². The van der Waals surface area contributed by atoms with E-state index in [2.05, 4.69) is 14.9 Å². The Morgan fingerprint density at radius 3 is 2.85 bits per heavy atom. The van der Waals surface area contributed by atoms with Crippen LogP contribution in [-0.2, 0) is 16.1 Å². The van der Waals surface area contributed by atoms with E-state index in [0.29, 0.717) is 6.42 Å². The van der Waals surface area contributed by atoms with Gasteiger partial charge in [0.2, 0.25) is 5.91 Å². The van der Waals surface area contributed by atoms with Gasteiger partial charge in [-0.1, -0.05) is 0 Å². The van der Waals surface area contributed by atoms with Crippen LogP contribution in [0, 0.1) is 12.8 Å². The van der Waals surface area contributed by atoms with Crippen molar-refractivity contribution in [3.8, 4) is 0 Å². The molecule has 2 rings (SSSR count). The van der Waals surface area contributed by atoms with Crippen molar-refractivity contribution < 1.29 is 9.53 Å². The standard InChI is InChI=1S/C14H24N4O2/c1-10-12(16-9-15-10)7-18-6-11(13(8-18)20-4)5-14(19)17(2)3/h9,11,13H,5-8H2,1-4H3,(H,15,16)/t11-,13+/m1/s1. The molecule has 1 fully saturated rings. The van der Waals surface area contributed by atoms with E-state index in [1.165, 1.54) is 0 Å². The summed E-state index contributed by atoms with van der Waals surface area (Å²) < 4.78 is 5.54. The monoisotopic (exact) mass is 280 g/mol. The number of nitrogens with one attached hydrogen (secondary N) is 1. The highest BCUT2D eigenvalue weighted by Crippen LogP contribution is 2.24. The van der Waals surface area contributed by atoms with Crippen molar-refractivity contribution in [3.05, 3.63) is 17.7 Å². The van der Waals surface area contributed by atoms with Gasteiger partial charge in [-0.15, -0.1) is 0 Å². The number of ether oxygens (including phenoxy) is 1. The first kappa shape index (κ1) is 15.0. The van der Waals surface area contributed by atoms with Crippen molar-refractivity contribution in [2.45, 2.75) is 26.0 Å². The number of aromatic nitrogens is 2. The quantitative estimate of drug-likeness (QED) is 0.860. The average Bonchev–Trinajstić information content (AvgIpc) is 2.97. The Balaban J connectivity index is 1.95. The number of hydrogen-bond acceptors (Lipinski definition) is 4. The van der Waals surface area contributed by atoms with E-state index in [9.17, 15) is 4.79 Å². The van der Waals surface area contributed by atoms with Crippen molar-refractivity contribution in [1.29, 1.82) is 0 Å². The molecule has 6 heteroatoms. The van der Waals surface area contributed by atoms with E-state index < -0.39 is 0 Å². The minimum Gasteiger partial charge on any atom is -0.380 e. The average molecular weight is 280 g/mol. The fourth-order valence-corrected chi connectivity index (χ4v) is 2.68. The topological polar surface area (TPSA) is 61.5 Å². The Labute approximate surface area is 120 Å².